The fourth-order valence-corrected chi connectivity index (χ4v) is 3.41. The molecular weight excluding hydrogens is 336 g/mol. The van der Waals surface area contributed by atoms with Crippen molar-refractivity contribution in [3.63, 3.8) is 0 Å². The molecule has 0 radical (unpaired) electrons. The number of nitrogens with one attached hydrogen (secondary N) is 2. The molecule has 2 rings (SSSR count). The lowest BCUT2D eigenvalue weighted by Crippen LogP contribution is -2.50. The first kappa shape index (κ1) is 21.9. The van der Waals surface area contributed by atoms with Gasteiger partial charge in [-0.25, -0.2) is 0 Å². The second kappa shape index (κ2) is 9.56. The SMILES string of the molecule is CCc1ccc(C(C)(C)C(=O)NCC2(COC)CCNCC2)cc1.Cl. The summed E-state index contributed by atoms with van der Waals surface area (Å²) >= 11 is 0. The minimum Gasteiger partial charge on any atom is -0.384 e. The maximum atomic E-state index is 12.8. The summed E-state index contributed by atoms with van der Waals surface area (Å²) in [6.45, 7) is 9.48. The molecule has 1 aromatic carbocycles. The van der Waals surface area contributed by atoms with Crippen LogP contribution in [-0.4, -0.2) is 39.3 Å². The standard InChI is InChI=1S/C20H32N2O2.ClH/c1-5-16-6-8-17(9-7-16)19(2,3)18(23)22-14-20(15-24-4)10-12-21-13-11-20;/h6-9,21H,5,10-15H2,1-4H3,(H,22,23);1H. The molecule has 0 atom stereocenters. The molecule has 0 spiro atoms. The van der Waals surface area contributed by atoms with Gasteiger partial charge in [0.1, 0.15) is 0 Å². The van der Waals surface area contributed by atoms with Crippen LogP contribution in [0, 0.1) is 5.41 Å². The van der Waals surface area contributed by atoms with E-state index in [2.05, 4.69) is 41.8 Å². The lowest BCUT2D eigenvalue weighted by Gasteiger charge is -2.38. The van der Waals surface area contributed by atoms with Crippen molar-refractivity contribution in [3.8, 4) is 0 Å². The molecule has 1 aliphatic heterocycles. The number of amides is 1. The van der Waals surface area contributed by atoms with Crippen molar-refractivity contribution in [3.05, 3.63) is 35.4 Å². The summed E-state index contributed by atoms with van der Waals surface area (Å²) in [6.07, 6.45) is 3.08. The number of carbonyl (C=O) groups is 1. The van der Waals surface area contributed by atoms with E-state index in [0.717, 1.165) is 37.9 Å². The van der Waals surface area contributed by atoms with E-state index in [4.69, 9.17) is 4.74 Å². The zero-order valence-electron chi connectivity index (χ0n) is 16.0. The second-order valence-electron chi connectivity index (χ2n) is 7.54. The largest absolute Gasteiger partial charge is 0.384 e. The molecule has 0 aromatic heterocycles. The molecule has 1 saturated heterocycles. The van der Waals surface area contributed by atoms with Gasteiger partial charge in [-0.1, -0.05) is 31.2 Å². The predicted molar refractivity (Wildman–Crippen MR) is 106 cm³/mol. The van der Waals surface area contributed by atoms with Gasteiger partial charge >= 0.3 is 0 Å². The molecule has 1 amide bonds. The van der Waals surface area contributed by atoms with E-state index in [1.807, 2.05) is 13.8 Å². The number of hydrogen-bond donors (Lipinski definition) is 2. The van der Waals surface area contributed by atoms with Crippen LogP contribution in [0.15, 0.2) is 24.3 Å². The maximum Gasteiger partial charge on any atom is 0.230 e. The van der Waals surface area contributed by atoms with Crippen LogP contribution in [0.4, 0.5) is 0 Å². The number of aryl methyl sites for hydroxylation is 1. The van der Waals surface area contributed by atoms with Crippen LogP contribution in [0.3, 0.4) is 0 Å². The topological polar surface area (TPSA) is 50.4 Å². The molecule has 142 valence electrons. The predicted octanol–water partition coefficient (Wildman–Crippen LogP) is 3.08. The lowest BCUT2D eigenvalue weighted by atomic mass is 9.78. The Morgan fingerprint density at radius 3 is 2.36 bits per heavy atom. The number of piperidine rings is 1. The van der Waals surface area contributed by atoms with Crippen molar-refractivity contribution in [2.75, 3.05) is 33.4 Å². The fraction of sp³-hybridized carbons (Fsp3) is 0.650. The summed E-state index contributed by atoms with van der Waals surface area (Å²) in [6, 6.07) is 8.38. The minimum atomic E-state index is -0.534. The average Bonchev–Trinajstić information content (AvgIpc) is 2.61. The average molecular weight is 369 g/mol. The molecule has 1 heterocycles. The third-order valence-electron chi connectivity index (χ3n) is 5.39. The number of ether oxygens (including phenoxy) is 1. The Labute approximate surface area is 158 Å². The molecule has 1 aromatic rings. The summed E-state index contributed by atoms with van der Waals surface area (Å²) in [4.78, 5) is 12.8. The Hall–Kier alpha value is -1.10. The first-order valence-corrected chi connectivity index (χ1v) is 9.01. The molecule has 0 saturated carbocycles. The lowest BCUT2D eigenvalue weighted by molar-refractivity contribution is -0.126. The van der Waals surface area contributed by atoms with Gasteiger partial charge in [0.05, 0.1) is 12.0 Å². The van der Waals surface area contributed by atoms with Crippen LogP contribution in [0.5, 0.6) is 0 Å². The molecule has 1 fully saturated rings. The minimum absolute atomic E-state index is 0. The van der Waals surface area contributed by atoms with Crippen molar-refractivity contribution < 1.29 is 9.53 Å². The highest BCUT2D eigenvalue weighted by atomic mass is 35.5. The van der Waals surface area contributed by atoms with Gasteiger partial charge in [0.2, 0.25) is 5.91 Å². The number of carbonyl (C=O) groups excluding carboxylic acids is 1. The zero-order chi connectivity index (χ0) is 17.6. The van der Waals surface area contributed by atoms with Crippen molar-refractivity contribution in [1.82, 2.24) is 10.6 Å². The van der Waals surface area contributed by atoms with Crippen molar-refractivity contribution in [2.24, 2.45) is 5.41 Å². The summed E-state index contributed by atoms with van der Waals surface area (Å²) in [7, 11) is 1.74. The Morgan fingerprint density at radius 2 is 1.84 bits per heavy atom. The van der Waals surface area contributed by atoms with E-state index in [0.29, 0.717) is 13.2 Å². The van der Waals surface area contributed by atoms with Crippen LogP contribution in [0.1, 0.15) is 44.7 Å². The van der Waals surface area contributed by atoms with Gasteiger partial charge in [0, 0.05) is 19.1 Å². The third-order valence-corrected chi connectivity index (χ3v) is 5.39. The van der Waals surface area contributed by atoms with Crippen molar-refractivity contribution in [1.29, 1.82) is 0 Å². The molecule has 1 aliphatic rings. The normalized spacial score (nSPS) is 16.8. The smallest absolute Gasteiger partial charge is 0.230 e. The van der Waals surface area contributed by atoms with E-state index in [1.165, 1.54) is 5.56 Å². The summed E-state index contributed by atoms with van der Waals surface area (Å²) in [5.41, 5.74) is 1.87. The molecule has 0 aliphatic carbocycles. The Bertz CT molecular complexity index is 532. The number of rotatable bonds is 7. The highest BCUT2D eigenvalue weighted by Crippen LogP contribution is 2.29. The van der Waals surface area contributed by atoms with Crippen molar-refractivity contribution >= 4 is 18.3 Å². The molecule has 0 unspecified atom stereocenters. The zero-order valence-corrected chi connectivity index (χ0v) is 16.8. The van der Waals surface area contributed by atoms with Gasteiger partial charge in [0.25, 0.3) is 0 Å². The van der Waals surface area contributed by atoms with Gasteiger partial charge in [-0.3, -0.25) is 4.79 Å². The van der Waals surface area contributed by atoms with E-state index in [-0.39, 0.29) is 23.7 Å². The summed E-state index contributed by atoms with van der Waals surface area (Å²) in [5.74, 6) is 0.0840. The molecule has 2 N–H and O–H groups in total. The highest BCUT2D eigenvalue weighted by molar-refractivity contribution is 5.87. The van der Waals surface area contributed by atoms with Gasteiger partial charge in [-0.15, -0.1) is 12.4 Å². The maximum absolute atomic E-state index is 12.8. The monoisotopic (exact) mass is 368 g/mol. The third kappa shape index (κ3) is 5.44. The highest BCUT2D eigenvalue weighted by Gasteiger charge is 2.35. The number of methoxy groups -OCH3 is 1. The summed E-state index contributed by atoms with van der Waals surface area (Å²) < 4.78 is 5.43. The Morgan fingerprint density at radius 1 is 1.24 bits per heavy atom. The summed E-state index contributed by atoms with van der Waals surface area (Å²) in [5, 5.41) is 6.58. The first-order chi connectivity index (χ1) is 11.4. The van der Waals surface area contributed by atoms with Gasteiger partial charge in [0.15, 0.2) is 0 Å². The number of halogens is 1. The van der Waals surface area contributed by atoms with Crippen LogP contribution < -0.4 is 10.6 Å². The van der Waals surface area contributed by atoms with Gasteiger partial charge < -0.3 is 15.4 Å². The van der Waals surface area contributed by atoms with Crippen LogP contribution >= 0.6 is 12.4 Å². The van der Waals surface area contributed by atoms with Crippen molar-refractivity contribution in [2.45, 2.75) is 45.4 Å². The van der Waals surface area contributed by atoms with E-state index >= 15 is 0 Å². The molecular formula is C20H33ClN2O2. The van der Waals surface area contributed by atoms with E-state index < -0.39 is 5.41 Å². The Balaban J connectivity index is 0.00000312. The number of benzene rings is 1. The second-order valence-corrected chi connectivity index (χ2v) is 7.54. The molecule has 25 heavy (non-hydrogen) atoms. The first-order valence-electron chi connectivity index (χ1n) is 9.01. The fourth-order valence-electron chi connectivity index (χ4n) is 3.41. The Kier molecular flexibility index (Phi) is 8.39. The molecule has 5 heteroatoms. The number of hydrogen-bond acceptors (Lipinski definition) is 3. The van der Waals surface area contributed by atoms with Crippen LogP contribution in [-0.2, 0) is 21.4 Å². The molecule has 0 bridgehead atoms. The van der Waals surface area contributed by atoms with E-state index in [9.17, 15) is 4.79 Å². The molecule has 4 nitrogen and oxygen atoms in total. The van der Waals surface area contributed by atoms with E-state index in [1.54, 1.807) is 7.11 Å². The van der Waals surface area contributed by atoms with Gasteiger partial charge in [-0.05, 0) is 57.3 Å². The quantitative estimate of drug-likeness (QED) is 0.777. The van der Waals surface area contributed by atoms with Crippen LogP contribution in [0.2, 0.25) is 0 Å². The van der Waals surface area contributed by atoms with Gasteiger partial charge in [-0.2, -0.15) is 0 Å². The van der Waals surface area contributed by atoms with Crippen LogP contribution in [0.25, 0.3) is 0 Å².